The zero-order valence-corrected chi connectivity index (χ0v) is 11.4. The lowest BCUT2D eigenvalue weighted by Gasteiger charge is -2.23. The average Bonchev–Trinajstić information content (AvgIpc) is 2.32. The largest absolute Gasteiger partial charge is 0.271 e. The summed E-state index contributed by atoms with van der Waals surface area (Å²) in [5.41, 5.74) is 5.80. The van der Waals surface area contributed by atoms with Gasteiger partial charge in [-0.05, 0) is 43.2 Å². The van der Waals surface area contributed by atoms with Crippen molar-refractivity contribution in [1.82, 2.24) is 5.43 Å². The molecule has 0 saturated heterocycles. The maximum absolute atomic E-state index is 5.66. The van der Waals surface area contributed by atoms with E-state index in [1.54, 1.807) is 0 Å². The number of hydrogen-bond acceptors (Lipinski definition) is 2. The lowest BCUT2D eigenvalue weighted by Crippen LogP contribution is -2.40. The number of nitrogens with two attached hydrogens (primary N) is 1. The summed E-state index contributed by atoms with van der Waals surface area (Å²) in [6.07, 6.45) is 4.68. The second-order valence-corrected chi connectivity index (χ2v) is 5.00. The molecule has 2 unspecified atom stereocenters. The molecular formula is C15H26N2. The van der Waals surface area contributed by atoms with Crippen molar-refractivity contribution in [2.24, 2.45) is 11.8 Å². The Morgan fingerprint density at radius 1 is 1.24 bits per heavy atom. The van der Waals surface area contributed by atoms with Gasteiger partial charge in [-0.1, -0.05) is 44.5 Å². The fourth-order valence-corrected chi connectivity index (χ4v) is 2.39. The molecule has 2 nitrogen and oxygen atoms in total. The summed E-state index contributed by atoms with van der Waals surface area (Å²) < 4.78 is 0. The van der Waals surface area contributed by atoms with Crippen molar-refractivity contribution in [2.45, 2.75) is 52.5 Å². The minimum atomic E-state index is 0.426. The van der Waals surface area contributed by atoms with Crippen molar-refractivity contribution in [3.8, 4) is 0 Å². The molecule has 0 aliphatic heterocycles. The summed E-state index contributed by atoms with van der Waals surface area (Å²) >= 11 is 0. The number of aryl methyl sites for hydroxylation is 2. The van der Waals surface area contributed by atoms with Gasteiger partial charge >= 0.3 is 0 Å². The Morgan fingerprint density at radius 2 is 1.94 bits per heavy atom. The van der Waals surface area contributed by atoms with Gasteiger partial charge in [-0.2, -0.15) is 0 Å². The third kappa shape index (κ3) is 4.49. The summed E-state index contributed by atoms with van der Waals surface area (Å²) in [5, 5.41) is 0. The zero-order valence-electron chi connectivity index (χ0n) is 11.4. The molecule has 0 aliphatic rings. The van der Waals surface area contributed by atoms with Crippen LogP contribution in [0.25, 0.3) is 0 Å². The zero-order chi connectivity index (χ0) is 12.7. The van der Waals surface area contributed by atoms with Gasteiger partial charge in [-0.15, -0.1) is 0 Å². The molecule has 0 bridgehead atoms. The highest BCUT2D eigenvalue weighted by Gasteiger charge is 2.14. The molecule has 0 aromatic heterocycles. The van der Waals surface area contributed by atoms with Crippen molar-refractivity contribution >= 4 is 0 Å². The van der Waals surface area contributed by atoms with Gasteiger partial charge in [-0.3, -0.25) is 11.3 Å². The second kappa shape index (κ2) is 7.46. The number of nitrogens with one attached hydrogen (secondary N) is 1. The van der Waals surface area contributed by atoms with Crippen molar-refractivity contribution < 1.29 is 0 Å². The molecule has 3 N–H and O–H groups in total. The first-order chi connectivity index (χ1) is 8.19. The van der Waals surface area contributed by atoms with Crippen LogP contribution in [-0.2, 0) is 6.42 Å². The summed E-state index contributed by atoms with van der Waals surface area (Å²) in [6.45, 7) is 6.69. The van der Waals surface area contributed by atoms with Gasteiger partial charge in [0.05, 0.1) is 0 Å². The lowest BCUT2D eigenvalue weighted by molar-refractivity contribution is 0.341. The van der Waals surface area contributed by atoms with Gasteiger partial charge in [0.1, 0.15) is 0 Å². The van der Waals surface area contributed by atoms with E-state index >= 15 is 0 Å². The Hall–Kier alpha value is -0.860. The Balaban J connectivity index is 2.50. The van der Waals surface area contributed by atoms with Crippen molar-refractivity contribution in [3.05, 3.63) is 35.4 Å². The molecule has 0 saturated carbocycles. The Bertz CT molecular complexity index is 322. The monoisotopic (exact) mass is 234 g/mol. The van der Waals surface area contributed by atoms with Crippen LogP contribution in [0.3, 0.4) is 0 Å². The van der Waals surface area contributed by atoms with Gasteiger partial charge in [0, 0.05) is 6.04 Å². The van der Waals surface area contributed by atoms with Crippen LogP contribution in [0.4, 0.5) is 0 Å². The molecule has 0 spiro atoms. The number of hydrogen-bond donors (Lipinski definition) is 2. The quantitative estimate of drug-likeness (QED) is 0.561. The minimum absolute atomic E-state index is 0.426. The fourth-order valence-electron chi connectivity index (χ4n) is 2.39. The smallest absolute Gasteiger partial charge is 0.0239 e. The van der Waals surface area contributed by atoms with E-state index in [-0.39, 0.29) is 0 Å². The van der Waals surface area contributed by atoms with E-state index < -0.39 is 0 Å². The highest BCUT2D eigenvalue weighted by molar-refractivity contribution is 5.25. The molecule has 0 amide bonds. The molecule has 96 valence electrons. The first-order valence-electron chi connectivity index (χ1n) is 6.69. The third-order valence-electron chi connectivity index (χ3n) is 3.63. The summed E-state index contributed by atoms with van der Waals surface area (Å²) in [6, 6.07) is 9.03. The van der Waals surface area contributed by atoms with Gasteiger partial charge in [0.15, 0.2) is 0 Å². The maximum atomic E-state index is 5.66. The van der Waals surface area contributed by atoms with E-state index in [1.807, 2.05) is 0 Å². The minimum Gasteiger partial charge on any atom is -0.271 e. The molecule has 0 aliphatic carbocycles. The van der Waals surface area contributed by atoms with Crippen LogP contribution < -0.4 is 11.3 Å². The Labute approximate surface area is 106 Å². The van der Waals surface area contributed by atoms with Crippen LogP contribution in [0.2, 0.25) is 0 Å². The van der Waals surface area contributed by atoms with E-state index in [9.17, 15) is 0 Å². The van der Waals surface area contributed by atoms with Crippen LogP contribution in [0.5, 0.6) is 0 Å². The number of hydrazine groups is 1. The summed E-state index contributed by atoms with van der Waals surface area (Å²) in [5.74, 6) is 6.30. The van der Waals surface area contributed by atoms with E-state index in [2.05, 4.69) is 50.5 Å². The van der Waals surface area contributed by atoms with Crippen LogP contribution in [-0.4, -0.2) is 6.04 Å². The Kier molecular flexibility index (Phi) is 6.23. The number of benzene rings is 1. The van der Waals surface area contributed by atoms with Gasteiger partial charge in [0.25, 0.3) is 0 Å². The molecule has 2 atom stereocenters. The predicted octanol–water partition coefficient (Wildman–Crippen LogP) is 3.20. The molecule has 1 rings (SSSR count). The van der Waals surface area contributed by atoms with Crippen LogP contribution in [0.15, 0.2) is 24.3 Å². The molecule has 17 heavy (non-hydrogen) atoms. The van der Waals surface area contributed by atoms with Crippen LogP contribution in [0.1, 0.15) is 44.2 Å². The van der Waals surface area contributed by atoms with Crippen LogP contribution >= 0.6 is 0 Å². The molecule has 1 aromatic carbocycles. The van der Waals surface area contributed by atoms with E-state index in [0.717, 1.165) is 12.8 Å². The topological polar surface area (TPSA) is 38.0 Å². The normalized spacial score (nSPS) is 14.6. The van der Waals surface area contributed by atoms with E-state index in [0.29, 0.717) is 12.0 Å². The van der Waals surface area contributed by atoms with Gasteiger partial charge in [0.2, 0.25) is 0 Å². The third-order valence-corrected chi connectivity index (χ3v) is 3.63. The van der Waals surface area contributed by atoms with Crippen molar-refractivity contribution in [1.29, 1.82) is 0 Å². The van der Waals surface area contributed by atoms with Crippen molar-refractivity contribution in [3.63, 3.8) is 0 Å². The van der Waals surface area contributed by atoms with E-state index in [1.165, 1.54) is 24.0 Å². The standard InChI is InChI=1S/C15H26N2/c1-4-7-13(3)15(17-16)11-10-14-9-6-5-8-12(14)2/h5-6,8-9,13,15,17H,4,7,10-11,16H2,1-3H3. The SMILES string of the molecule is CCCC(C)C(CCc1ccccc1C)NN. The Morgan fingerprint density at radius 3 is 2.53 bits per heavy atom. The average molecular weight is 234 g/mol. The molecule has 2 heteroatoms. The van der Waals surface area contributed by atoms with Crippen molar-refractivity contribution in [2.75, 3.05) is 0 Å². The maximum Gasteiger partial charge on any atom is 0.0239 e. The molecule has 0 radical (unpaired) electrons. The predicted molar refractivity (Wildman–Crippen MR) is 74.7 cm³/mol. The summed E-state index contributed by atoms with van der Waals surface area (Å²) in [4.78, 5) is 0. The summed E-state index contributed by atoms with van der Waals surface area (Å²) in [7, 11) is 0. The van der Waals surface area contributed by atoms with Gasteiger partial charge in [-0.25, -0.2) is 0 Å². The second-order valence-electron chi connectivity index (χ2n) is 5.00. The first kappa shape index (κ1) is 14.2. The molecule has 0 heterocycles. The molecular weight excluding hydrogens is 208 g/mol. The first-order valence-corrected chi connectivity index (χ1v) is 6.69. The molecule has 1 aromatic rings. The van der Waals surface area contributed by atoms with E-state index in [4.69, 9.17) is 5.84 Å². The highest BCUT2D eigenvalue weighted by atomic mass is 15.2. The molecule has 0 fully saturated rings. The highest BCUT2D eigenvalue weighted by Crippen LogP contribution is 2.17. The fraction of sp³-hybridized carbons (Fsp3) is 0.600. The number of rotatable bonds is 7. The lowest BCUT2D eigenvalue weighted by atomic mass is 9.91. The van der Waals surface area contributed by atoms with Crippen LogP contribution in [0, 0.1) is 12.8 Å². The van der Waals surface area contributed by atoms with Gasteiger partial charge < -0.3 is 0 Å².